The molecule has 3 rings (SSSR count). The van der Waals surface area contributed by atoms with Crippen LogP contribution in [0, 0.1) is 12.8 Å². The van der Waals surface area contributed by atoms with Gasteiger partial charge in [0.1, 0.15) is 0 Å². The number of rotatable bonds is 5. The van der Waals surface area contributed by atoms with E-state index >= 15 is 0 Å². The van der Waals surface area contributed by atoms with Crippen molar-refractivity contribution in [1.29, 1.82) is 0 Å². The summed E-state index contributed by atoms with van der Waals surface area (Å²) in [6, 6.07) is 3.77. The predicted molar refractivity (Wildman–Crippen MR) is 104 cm³/mol. The number of amides is 2. The van der Waals surface area contributed by atoms with Crippen LogP contribution in [0.25, 0.3) is 0 Å². The molecule has 2 aliphatic rings. The fourth-order valence-corrected chi connectivity index (χ4v) is 3.93. The van der Waals surface area contributed by atoms with Crippen molar-refractivity contribution in [3.05, 3.63) is 29.1 Å². The molecule has 1 aromatic rings. The number of piperidine rings is 1. The van der Waals surface area contributed by atoms with Crippen LogP contribution in [0.2, 0.25) is 0 Å². The van der Waals surface area contributed by atoms with Crippen LogP contribution in [0.4, 0.5) is 0 Å². The highest BCUT2D eigenvalue weighted by atomic mass is 16.5. The van der Waals surface area contributed by atoms with E-state index in [0.29, 0.717) is 12.1 Å². The molecule has 148 valence electrons. The van der Waals surface area contributed by atoms with Crippen molar-refractivity contribution in [1.82, 2.24) is 15.2 Å². The van der Waals surface area contributed by atoms with Crippen molar-refractivity contribution in [2.75, 3.05) is 26.2 Å². The monoisotopic (exact) mass is 373 g/mol. The minimum atomic E-state index is -0.0753. The molecule has 3 heterocycles. The fraction of sp³-hybridized carbons (Fsp3) is 0.667. The molecule has 1 aromatic heterocycles. The Morgan fingerprint density at radius 2 is 2.00 bits per heavy atom. The number of pyridine rings is 1. The van der Waals surface area contributed by atoms with E-state index in [9.17, 15) is 9.59 Å². The molecule has 2 saturated heterocycles. The van der Waals surface area contributed by atoms with E-state index in [2.05, 4.69) is 5.32 Å². The number of hydrogen-bond acceptors (Lipinski definition) is 4. The first-order valence-corrected chi connectivity index (χ1v) is 10.1. The molecule has 1 atom stereocenters. The van der Waals surface area contributed by atoms with Crippen LogP contribution in [-0.4, -0.2) is 54.0 Å². The molecule has 0 bridgehead atoms. The van der Waals surface area contributed by atoms with Crippen LogP contribution in [0.15, 0.2) is 12.1 Å². The third kappa shape index (κ3) is 4.86. The molecule has 6 nitrogen and oxygen atoms in total. The molecular weight excluding hydrogens is 342 g/mol. The third-order valence-electron chi connectivity index (χ3n) is 5.51. The number of carbonyl (C=O) groups is 2. The molecule has 0 aliphatic carbocycles. The van der Waals surface area contributed by atoms with Crippen molar-refractivity contribution in [3.63, 3.8) is 0 Å². The molecule has 0 spiro atoms. The molecule has 6 heteroatoms. The van der Waals surface area contributed by atoms with E-state index in [-0.39, 0.29) is 29.8 Å². The van der Waals surface area contributed by atoms with Crippen molar-refractivity contribution in [2.45, 2.75) is 58.5 Å². The first-order chi connectivity index (χ1) is 13.0. The number of carbonyl (C=O) groups excluding carboxylic acids is 2. The lowest BCUT2D eigenvalue weighted by atomic mass is 9.89. The second-order valence-corrected chi connectivity index (χ2v) is 7.98. The second-order valence-electron chi connectivity index (χ2n) is 7.98. The van der Waals surface area contributed by atoms with Crippen LogP contribution in [0.3, 0.4) is 0 Å². The fourth-order valence-electron chi connectivity index (χ4n) is 3.93. The van der Waals surface area contributed by atoms with Crippen LogP contribution >= 0.6 is 0 Å². The summed E-state index contributed by atoms with van der Waals surface area (Å²) in [5.41, 5.74) is 2.45. The van der Waals surface area contributed by atoms with Gasteiger partial charge in [0.05, 0.1) is 17.4 Å². The van der Waals surface area contributed by atoms with E-state index in [1.807, 2.05) is 37.8 Å². The number of aryl methyl sites for hydroxylation is 1. The normalized spacial score (nSPS) is 20.9. The van der Waals surface area contributed by atoms with Gasteiger partial charge >= 0.3 is 0 Å². The molecule has 27 heavy (non-hydrogen) atoms. The van der Waals surface area contributed by atoms with E-state index in [1.165, 1.54) is 0 Å². The molecule has 1 N–H and O–H groups in total. The lowest BCUT2D eigenvalue weighted by Gasteiger charge is -2.33. The Labute approximate surface area is 161 Å². The zero-order valence-electron chi connectivity index (χ0n) is 16.7. The summed E-state index contributed by atoms with van der Waals surface area (Å²) in [5.74, 6) is 0.372. The number of nitrogens with one attached hydrogen (secondary N) is 1. The Hall–Kier alpha value is -1.95. The summed E-state index contributed by atoms with van der Waals surface area (Å²) in [4.78, 5) is 31.6. The largest absolute Gasteiger partial charge is 0.376 e. The van der Waals surface area contributed by atoms with Gasteiger partial charge in [-0.2, -0.15) is 0 Å². The minimum absolute atomic E-state index is 0.0257. The molecule has 0 saturated carbocycles. The summed E-state index contributed by atoms with van der Waals surface area (Å²) >= 11 is 0. The minimum Gasteiger partial charge on any atom is -0.376 e. The zero-order chi connectivity index (χ0) is 19.4. The molecule has 1 unspecified atom stereocenters. The van der Waals surface area contributed by atoms with Crippen LogP contribution in [-0.2, 0) is 9.53 Å². The van der Waals surface area contributed by atoms with Gasteiger partial charge in [-0.25, -0.2) is 0 Å². The van der Waals surface area contributed by atoms with Gasteiger partial charge in [-0.1, -0.05) is 13.8 Å². The number of ether oxygens (including phenoxy) is 1. The Bertz CT molecular complexity index is 675. The Morgan fingerprint density at radius 3 is 2.63 bits per heavy atom. The first-order valence-electron chi connectivity index (χ1n) is 10.1. The predicted octanol–water partition coefficient (Wildman–Crippen LogP) is 2.66. The summed E-state index contributed by atoms with van der Waals surface area (Å²) in [6.07, 6.45) is 3.88. The highest BCUT2D eigenvalue weighted by Gasteiger charge is 2.29. The molecule has 2 amide bonds. The van der Waals surface area contributed by atoms with Crippen LogP contribution < -0.4 is 5.32 Å². The van der Waals surface area contributed by atoms with Gasteiger partial charge in [0.15, 0.2) is 0 Å². The van der Waals surface area contributed by atoms with E-state index in [4.69, 9.17) is 9.72 Å². The van der Waals surface area contributed by atoms with E-state index in [1.54, 1.807) is 0 Å². The van der Waals surface area contributed by atoms with Crippen LogP contribution in [0.1, 0.15) is 67.2 Å². The van der Waals surface area contributed by atoms with Crippen molar-refractivity contribution in [3.8, 4) is 0 Å². The van der Waals surface area contributed by atoms with E-state index in [0.717, 1.165) is 56.8 Å². The maximum Gasteiger partial charge on any atom is 0.253 e. The zero-order valence-corrected chi connectivity index (χ0v) is 16.7. The van der Waals surface area contributed by atoms with Gasteiger partial charge in [0.2, 0.25) is 5.91 Å². The first kappa shape index (κ1) is 19.8. The summed E-state index contributed by atoms with van der Waals surface area (Å²) in [6.45, 7) is 8.62. The molecule has 2 aliphatic heterocycles. The lowest BCUT2D eigenvalue weighted by molar-refractivity contribution is -0.135. The lowest BCUT2D eigenvalue weighted by Crippen LogP contribution is -2.40. The van der Waals surface area contributed by atoms with Gasteiger partial charge in [-0.3, -0.25) is 14.6 Å². The maximum absolute atomic E-state index is 12.8. The Morgan fingerprint density at radius 1 is 1.26 bits per heavy atom. The second kappa shape index (κ2) is 8.83. The number of hydrogen-bond donors (Lipinski definition) is 1. The van der Waals surface area contributed by atoms with Crippen molar-refractivity contribution < 1.29 is 14.3 Å². The topological polar surface area (TPSA) is 71.5 Å². The van der Waals surface area contributed by atoms with E-state index < -0.39 is 0 Å². The highest BCUT2D eigenvalue weighted by molar-refractivity contribution is 5.95. The summed E-state index contributed by atoms with van der Waals surface area (Å²) in [7, 11) is 0. The maximum atomic E-state index is 12.8. The van der Waals surface area contributed by atoms with Crippen LogP contribution in [0.5, 0.6) is 0 Å². The Kier molecular flexibility index (Phi) is 6.47. The van der Waals surface area contributed by atoms with Gasteiger partial charge in [0, 0.05) is 43.8 Å². The summed E-state index contributed by atoms with van der Waals surface area (Å²) < 4.78 is 5.59. The smallest absolute Gasteiger partial charge is 0.253 e. The number of nitrogens with zero attached hydrogens (tertiary/aromatic N) is 2. The highest BCUT2D eigenvalue weighted by Crippen LogP contribution is 2.30. The summed E-state index contributed by atoms with van der Waals surface area (Å²) in [5, 5.41) is 3.01. The third-order valence-corrected chi connectivity index (χ3v) is 5.51. The SMILES string of the molecule is Cc1ccc(C(=O)NCC2CCCO2)c(C2CCN(C(=O)C(C)C)CC2)n1. The molecule has 2 fully saturated rings. The number of likely N-dealkylation sites (tertiary alicyclic amines) is 1. The molecule has 0 aromatic carbocycles. The van der Waals surface area contributed by atoms with Gasteiger partial charge in [0.25, 0.3) is 5.91 Å². The Balaban J connectivity index is 1.67. The molecule has 0 radical (unpaired) electrons. The molecular formula is C21H31N3O3. The van der Waals surface area contributed by atoms with Gasteiger partial charge in [-0.05, 0) is 44.7 Å². The van der Waals surface area contributed by atoms with Crippen molar-refractivity contribution >= 4 is 11.8 Å². The quantitative estimate of drug-likeness (QED) is 0.861. The van der Waals surface area contributed by atoms with Crippen molar-refractivity contribution in [2.24, 2.45) is 5.92 Å². The standard InChI is InChI=1S/C21H31N3O3/c1-14(2)21(26)24-10-8-16(9-11-24)19-18(7-6-15(3)23-19)20(25)22-13-17-5-4-12-27-17/h6-7,14,16-17H,4-5,8-13H2,1-3H3,(H,22,25). The number of aromatic nitrogens is 1. The van der Waals surface area contributed by atoms with Gasteiger partial charge in [-0.15, -0.1) is 0 Å². The average molecular weight is 373 g/mol. The van der Waals surface area contributed by atoms with Gasteiger partial charge < -0.3 is 15.0 Å². The average Bonchev–Trinajstić information content (AvgIpc) is 3.19.